The van der Waals surface area contributed by atoms with Gasteiger partial charge >= 0.3 is 0 Å². The van der Waals surface area contributed by atoms with Gasteiger partial charge in [-0.1, -0.05) is 18.2 Å². The molecule has 0 saturated carbocycles. The van der Waals surface area contributed by atoms with Gasteiger partial charge in [0.1, 0.15) is 5.60 Å². The van der Waals surface area contributed by atoms with Gasteiger partial charge in [-0.3, -0.25) is 4.79 Å². The number of allylic oxidation sites excluding steroid dienone is 1. The predicted octanol–water partition coefficient (Wildman–Crippen LogP) is 3.82. The molecule has 160 valence electrons. The third kappa shape index (κ3) is 4.70. The van der Waals surface area contributed by atoms with Gasteiger partial charge in [-0.15, -0.1) is 0 Å². The molecule has 30 heavy (non-hydrogen) atoms. The van der Waals surface area contributed by atoms with E-state index >= 15 is 0 Å². The summed E-state index contributed by atoms with van der Waals surface area (Å²) in [6.07, 6.45) is 0.682. The highest BCUT2D eigenvalue weighted by Crippen LogP contribution is 2.45. The molecule has 2 aromatic carbocycles. The Kier molecular flexibility index (Phi) is 6.88. The molecular formula is C23H30N4O2S. The highest BCUT2D eigenvalue weighted by Gasteiger charge is 2.38. The van der Waals surface area contributed by atoms with E-state index in [0.29, 0.717) is 12.1 Å². The van der Waals surface area contributed by atoms with Crippen LogP contribution in [0.5, 0.6) is 0 Å². The number of para-hydroxylation sites is 1. The van der Waals surface area contributed by atoms with Crippen molar-refractivity contribution in [2.24, 2.45) is 0 Å². The van der Waals surface area contributed by atoms with Crippen molar-refractivity contribution in [3.63, 3.8) is 0 Å². The van der Waals surface area contributed by atoms with Crippen LogP contribution in [0.1, 0.15) is 25.0 Å². The second-order valence-corrected chi connectivity index (χ2v) is 9.24. The van der Waals surface area contributed by atoms with Crippen molar-refractivity contribution in [2.45, 2.75) is 24.3 Å². The Morgan fingerprint density at radius 3 is 2.60 bits per heavy atom. The SMILES string of the molecule is C/C(=C1\Nc2ccccc2C1(C)O)c1cc(SN(C)CCN(C)C)ccc1NC=O. The summed E-state index contributed by atoms with van der Waals surface area (Å²) in [6, 6.07) is 13.7. The number of hydrogen-bond acceptors (Lipinski definition) is 6. The summed E-state index contributed by atoms with van der Waals surface area (Å²) in [5.74, 6) is 0. The summed E-state index contributed by atoms with van der Waals surface area (Å²) < 4.78 is 2.19. The molecule has 3 rings (SSSR count). The van der Waals surface area contributed by atoms with E-state index in [0.717, 1.165) is 46.1 Å². The van der Waals surface area contributed by atoms with Gasteiger partial charge in [-0.25, -0.2) is 4.31 Å². The summed E-state index contributed by atoms with van der Waals surface area (Å²) in [7, 11) is 6.19. The summed E-state index contributed by atoms with van der Waals surface area (Å²) in [5.41, 5.74) is 3.81. The number of nitrogens with one attached hydrogen (secondary N) is 2. The van der Waals surface area contributed by atoms with Gasteiger partial charge in [0.2, 0.25) is 6.41 Å². The minimum atomic E-state index is -1.13. The molecule has 0 saturated heterocycles. The molecule has 1 aliphatic rings. The molecule has 0 aliphatic carbocycles. The molecule has 0 bridgehead atoms. The van der Waals surface area contributed by atoms with Crippen LogP contribution in [-0.2, 0) is 10.4 Å². The zero-order valence-corrected chi connectivity index (χ0v) is 19.0. The van der Waals surface area contributed by atoms with Gasteiger partial charge in [0.15, 0.2) is 0 Å². The predicted molar refractivity (Wildman–Crippen MR) is 125 cm³/mol. The van der Waals surface area contributed by atoms with E-state index in [2.05, 4.69) is 47.0 Å². The lowest BCUT2D eigenvalue weighted by Crippen LogP contribution is -2.24. The third-order valence-corrected chi connectivity index (χ3v) is 6.26. The number of likely N-dealkylation sites (N-methyl/N-ethyl adjacent to an activating group) is 2. The number of benzene rings is 2. The van der Waals surface area contributed by atoms with E-state index < -0.39 is 5.60 Å². The third-order valence-electron chi connectivity index (χ3n) is 5.31. The average Bonchev–Trinajstić information content (AvgIpc) is 2.98. The van der Waals surface area contributed by atoms with Crippen molar-refractivity contribution >= 4 is 35.3 Å². The van der Waals surface area contributed by atoms with Gasteiger partial charge in [0.25, 0.3) is 0 Å². The molecule has 0 spiro atoms. The Morgan fingerprint density at radius 2 is 1.93 bits per heavy atom. The first-order valence-corrected chi connectivity index (χ1v) is 10.7. The number of rotatable bonds is 8. The van der Waals surface area contributed by atoms with E-state index in [4.69, 9.17) is 0 Å². The van der Waals surface area contributed by atoms with E-state index in [1.165, 1.54) is 0 Å². The summed E-state index contributed by atoms with van der Waals surface area (Å²) >= 11 is 1.66. The molecule has 1 amide bonds. The minimum Gasteiger partial charge on any atom is -0.379 e. The summed E-state index contributed by atoms with van der Waals surface area (Å²) in [4.78, 5) is 14.4. The number of anilines is 2. The number of carbonyl (C=O) groups excluding carboxylic acids is 1. The Balaban J connectivity index is 1.97. The van der Waals surface area contributed by atoms with Crippen LogP contribution in [0.25, 0.3) is 5.57 Å². The standard InChI is InChI=1S/C23H30N4O2S/c1-16(22-23(2,29)19-8-6-7-9-21(19)25-22)18-14-17(10-11-20(18)24-15-28)30-27(5)13-12-26(3)4/h6-11,14-15,25,29H,12-13H2,1-5H3,(H,24,28)/b22-16+. The van der Waals surface area contributed by atoms with E-state index in [1.54, 1.807) is 18.9 Å². The second kappa shape index (κ2) is 9.22. The second-order valence-electron chi connectivity index (χ2n) is 7.96. The Labute approximate surface area is 183 Å². The van der Waals surface area contributed by atoms with E-state index in [1.807, 2.05) is 43.3 Å². The lowest BCUT2D eigenvalue weighted by atomic mass is 9.90. The molecule has 7 heteroatoms. The first-order valence-electron chi connectivity index (χ1n) is 9.92. The lowest BCUT2D eigenvalue weighted by molar-refractivity contribution is -0.105. The van der Waals surface area contributed by atoms with Crippen molar-refractivity contribution in [2.75, 3.05) is 44.9 Å². The largest absolute Gasteiger partial charge is 0.379 e. The number of nitrogens with zero attached hydrogens (tertiary/aromatic N) is 2. The van der Waals surface area contributed by atoms with Crippen LogP contribution < -0.4 is 10.6 Å². The number of hydrogen-bond donors (Lipinski definition) is 3. The zero-order valence-electron chi connectivity index (χ0n) is 18.2. The number of carbonyl (C=O) groups is 1. The molecule has 1 unspecified atom stereocenters. The fourth-order valence-corrected chi connectivity index (χ4v) is 4.48. The maximum atomic E-state index is 11.3. The number of amides is 1. The molecular weight excluding hydrogens is 396 g/mol. The molecule has 2 aromatic rings. The molecule has 6 nitrogen and oxygen atoms in total. The van der Waals surface area contributed by atoms with Crippen molar-refractivity contribution in [3.05, 3.63) is 59.3 Å². The summed E-state index contributed by atoms with van der Waals surface area (Å²) in [6.45, 7) is 5.66. The first-order chi connectivity index (χ1) is 14.2. The lowest BCUT2D eigenvalue weighted by Gasteiger charge is -2.23. The van der Waals surface area contributed by atoms with Gasteiger partial charge in [0, 0.05) is 40.5 Å². The topological polar surface area (TPSA) is 67.8 Å². The number of aliphatic hydroxyl groups is 1. The van der Waals surface area contributed by atoms with Gasteiger partial charge < -0.3 is 20.6 Å². The minimum absolute atomic E-state index is 0.682. The van der Waals surface area contributed by atoms with Crippen LogP contribution in [0.2, 0.25) is 0 Å². The van der Waals surface area contributed by atoms with Crippen LogP contribution in [0, 0.1) is 0 Å². The first kappa shape index (κ1) is 22.4. The summed E-state index contributed by atoms with van der Waals surface area (Å²) in [5, 5.41) is 17.4. The highest BCUT2D eigenvalue weighted by atomic mass is 32.2. The van der Waals surface area contributed by atoms with Crippen LogP contribution in [0.4, 0.5) is 11.4 Å². The van der Waals surface area contributed by atoms with E-state index in [9.17, 15) is 9.90 Å². The molecule has 0 fully saturated rings. The highest BCUT2D eigenvalue weighted by molar-refractivity contribution is 7.97. The smallest absolute Gasteiger partial charge is 0.211 e. The zero-order chi connectivity index (χ0) is 21.9. The van der Waals surface area contributed by atoms with Crippen molar-refractivity contribution < 1.29 is 9.90 Å². The fourth-order valence-electron chi connectivity index (χ4n) is 3.65. The Hall–Kier alpha value is -2.32. The van der Waals surface area contributed by atoms with E-state index in [-0.39, 0.29) is 0 Å². The van der Waals surface area contributed by atoms with Crippen LogP contribution in [0.3, 0.4) is 0 Å². The van der Waals surface area contributed by atoms with Crippen molar-refractivity contribution in [3.8, 4) is 0 Å². The monoisotopic (exact) mass is 426 g/mol. The average molecular weight is 427 g/mol. The van der Waals surface area contributed by atoms with Crippen LogP contribution >= 0.6 is 11.9 Å². The van der Waals surface area contributed by atoms with Crippen molar-refractivity contribution in [1.82, 2.24) is 9.21 Å². The van der Waals surface area contributed by atoms with Crippen LogP contribution in [0.15, 0.2) is 53.1 Å². The molecule has 1 heterocycles. The van der Waals surface area contributed by atoms with Gasteiger partial charge in [0.05, 0.1) is 5.70 Å². The van der Waals surface area contributed by atoms with Crippen molar-refractivity contribution in [1.29, 1.82) is 0 Å². The molecule has 0 aromatic heterocycles. The van der Waals surface area contributed by atoms with Gasteiger partial charge in [-0.2, -0.15) is 0 Å². The Morgan fingerprint density at radius 1 is 1.20 bits per heavy atom. The Bertz CT molecular complexity index is 956. The number of fused-ring (bicyclic) bond motifs is 1. The maximum Gasteiger partial charge on any atom is 0.211 e. The fraction of sp³-hybridized carbons (Fsp3) is 0.348. The molecule has 0 radical (unpaired) electrons. The maximum absolute atomic E-state index is 11.3. The molecule has 1 atom stereocenters. The normalized spacial score (nSPS) is 19.6. The van der Waals surface area contributed by atoms with Gasteiger partial charge in [-0.05, 0) is 76.8 Å². The quantitative estimate of drug-likeness (QED) is 0.440. The molecule has 3 N–H and O–H groups in total. The molecule has 1 aliphatic heterocycles. The van der Waals surface area contributed by atoms with Crippen LogP contribution in [-0.4, -0.2) is 55.0 Å².